The number of benzene rings is 2. The molecule has 0 aliphatic carbocycles. The van der Waals surface area contributed by atoms with E-state index >= 15 is 0 Å². The van der Waals surface area contributed by atoms with Crippen molar-refractivity contribution < 1.29 is 0 Å². The summed E-state index contributed by atoms with van der Waals surface area (Å²) in [5.41, 5.74) is 29.2. The maximum atomic E-state index is 6.49. The van der Waals surface area contributed by atoms with E-state index in [2.05, 4.69) is 76.9 Å². The average Bonchev–Trinajstić information content (AvgIpc) is 2.70. The Morgan fingerprint density at radius 3 is 1.87 bits per heavy atom. The molecular weight excluding hydrogens is 504 g/mol. The average molecular weight is 540 g/mol. The summed E-state index contributed by atoms with van der Waals surface area (Å²) in [5.74, 6) is 0.662. The first kappa shape index (κ1) is 25.5. The van der Waals surface area contributed by atoms with Crippen molar-refractivity contribution in [1.29, 1.82) is 0 Å². The molecule has 5 atom stereocenters. The van der Waals surface area contributed by atoms with Crippen molar-refractivity contribution in [3.8, 4) is 0 Å². The van der Waals surface area contributed by atoms with E-state index in [9.17, 15) is 0 Å². The minimum absolute atomic E-state index is 0.00125. The van der Waals surface area contributed by atoms with Gasteiger partial charge in [0.1, 0.15) is 0 Å². The minimum Gasteiger partial charge on any atom is -0.326 e. The van der Waals surface area contributed by atoms with E-state index < -0.39 is 0 Å². The van der Waals surface area contributed by atoms with Crippen molar-refractivity contribution in [2.75, 3.05) is 0 Å². The third-order valence-electron chi connectivity index (χ3n) is 5.96. The van der Waals surface area contributed by atoms with Crippen LogP contribution in [-0.4, -0.2) is 24.2 Å². The molecule has 0 saturated heterocycles. The van der Waals surface area contributed by atoms with Gasteiger partial charge in [0.05, 0.1) is 0 Å². The van der Waals surface area contributed by atoms with Gasteiger partial charge in [0, 0.05) is 33.1 Å². The van der Waals surface area contributed by atoms with Crippen LogP contribution in [0.4, 0.5) is 0 Å². The maximum absolute atomic E-state index is 6.49. The fourth-order valence-corrected chi connectivity index (χ4v) is 4.57. The van der Waals surface area contributed by atoms with E-state index in [0.717, 1.165) is 21.8 Å². The summed E-state index contributed by atoms with van der Waals surface area (Å²) in [6.45, 7) is 6.41. The number of halogens is 2. The molecule has 30 heavy (non-hydrogen) atoms. The van der Waals surface area contributed by atoms with Gasteiger partial charge < -0.3 is 22.9 Å². The normalized spacial score (nSPS) is 16.9. The first-order valence-corrected chi connectivity index (χ1v) is 12.2. The number of hydrogen-bond donors (Lipinski definition) is 4. The molecule has 2 aromatic carbocycles. The van der Waals surface area contributed by atoms with E-state index in [1.165, 1.54) is 16.7 Å². The second kappa shape index (κ2) is 11.7. The third kappa shape index (κ3) is 7.14. The zero-order valence-electron chi connectivity index (χ0n) is 18.2. The molecular formula is C24H36Br2N4. The Balaban J connectivity index is 2.04. The fourth-order valence-electron chi connectivity index (χ4n) is 3.72. The smallest absolute Gasteiger partial charge is 0.0236 e. The lowest BCUT2D eigenvalue weighted by molar-refractivity contribution is 0.330. The van der Waals surface area contributed by atoms with Gasteiger partial charge in [-0.2, -0.15) is 0 Å². The van der Waals surface area contributed by atoms with E-state index in [-0.39, 0.29) is 24.2 Å². The van der Waals surface area contributed by atoms with Crippen molar-refractivity contribution in [2.24, 2.45) is 34.8 Å². The van der Waals surface area contributed by atoms with Gasteiger partial charge in [-0.1, -0.05) is 83.0 Å². The SMILES string of the molecule is CC(C)[C@H](N)[C@@H](N)C(C)Cc1ccc(Br)c(C[C@H](N)[C@@H](N)Cc2ccccc2Br)c1. The molecule has 0 heterocycles. The Bertz CT molecular complexity index is 812. The molecule has 0 saturated carbocycles. The van der Waals surface area contributed by atoms with Crippen LogP contribution >= 0.6 is 31.9 Å². The molecule has 0 spiro atoms. The lowest BCUT2D eigenvalue weighted by Gasteiger charge is -2.29. The maximum Gasteiger partial charge on any atom is 0.0236 e. The summed E-state index contributed by atoms with van der Waals surface area (Å²) in [6, 6.07) is 14.3. The Morgan fingerprint density at radius 2 is 1.27 bits per heavy atom. The van der Waals surface area contributed by atoms with Crippen LogP contribution in [0.15, 0.2) is 51.4 Å². The summed E-state index contributed by atoms with van der Waals surface area (Å²) in [6.07, 6.45) is 2.34. The summed E-state index contributed by atoms with van der Waals surface area (Å²) in [5, 5.41) is 0. The lowest BCUT2D eigenvalue weighted by Crippen LogP contribution is -2.49. The zero-order chi connectivity index (χ0) is 22.4. The van der Waals surface area contributed by atoms with Gasteiger partial charge in [-0.25, -0.2) is 0 Å². The molecule has 8 N–H and O–H groups in total. The highest BCUT2D eigenvalue weighted by Crippen LogP contribution is 2.24. The molecule has 0 amide bonds. The highest BCUT2D eigenvalue weighted by Gasteiger charge is 2.23. The molecule has 2 aromatic rings. The van der Waals surface area contributed by atoms with Crippen molar-refractivity contribution in [2.45, 2.75) is 64.2 Å². The Morgan fingerprint density at radius 1 is 0.700 bits per heavy atom. The van der Waals surface area contributed by atoms with Gasteiger partial charge in [0.2, 0.25) is 0 Å². The molecule has 166 valence electrons. The number of rotatable bonds is 10. The summed E-state index contributed by atoms with van der Waals surface area (Å²) < 4.78 is 2.13. The molecule has 0 aliphatic rings. The molecule has 2 rings (SSSR count). The van der Waals surface area contributed by atoms with Crippen LogP contribution in [0.25, 0.3) is 0 Å². The van der Waals surface area contributed by atoms with Crippen molar-refractivity contribution in [3.05, 3.63) is 68.1 Å². The largest absolute Gasteiger partial charge is 0.326 e. The van der Waals surface area contributed by atoms with Crippen LogP contribution < -0.4 is 22.9 Å². The molecule has 0 aromatic heterocycles. The van der Waals surface area contributed by atoms with Gasteiger partial charge in [0.25, 0.3) is 0 Å². The predicted octanol–water partition coefficient (Wildman–Crippen LogP) is 4.14. The van der Waals surface area contributed by atoms with E-state index in [4.69, 9.17) is 22.9 Å². The van der Waals surface area contributed by atoms with Crippen molar-refractivity contribution in [1.82, 2.24) is 0 Å². The Labute approximate surface area is 198 Å². The quantitative estimate of drug-likeness (QED) is 0.364. The van der Waals surface area contributed by atoms with E-state index in [1.54, 1.807) is 0 Å². The van der Waals surface area contributed by atoms with Gasteiger partial charge in [0.15, 0.2) is 0 Å². The minimum atomic E-state index is -0.141. The van der Waals surface area contributed by atoms with Crippen LogP contribution in [0.3, 0.4) is 0 Å². The summed E-state index contributed by atoms with van der Waals surface area (Å²) in [7, 11) is 0. The summed E-state index contributed by atoms with van der Waals surface area (Å²) in [4.78, 5) is 0. The van der Waals surface area contributed by atoms with Crippen molar-refractivity contribution in [3.63, 3.8) is 0 Å². The molecule has 6 heteroatoms. The number of hydrogen-bond acceptors (Lipinski definition) is 4. The topological polar surface area (TPSA) is 104 Å². The van der Waals surface area contributed by atoms with Gasteiger partial charge in [-0.15, -0.1) is 0 Å². The first-order valence-electron chi connectivity index (χ1n) is 10.6. The van der Waals surface area contributed by atoms with Gasteiger partial charge in [-0.3, -0.25) is 0 Å². The van der Waals surface area contributed by atoms with E-state index in [0.29, 0.717) is 18.3 Å². The second-order valence-electron chi connectivity index (χ2n) is 8.83. The fraction of sp³-hybridized carbons (Fsp3) is 0.500. The van der Waals surface area contributed by atoms with E-state index in [1.807, 2.05) is 18.2 Å². The molecule has 4 nitrogen and oxygen atoms in total. The molecule has 0 bridgehead atoms. The highest BCUT2D eigenvalue weighted by molar-refractivity contribution is 9.10. The Kier molecular flexibility index (Phi) is 9.98. The first-order chi connectivity index (χ1) is 14.1. The van der Waals surface area contributed by atoms with Crippen LogP contribution in [0, 0.1) is 11.8 Å². The van der Waals surface area contributed by atoms with Crippen LogP contribution in [0.2, 0.25) is 0 Å². The second-order valence-corrected chi connectivity index (χ2v) is 10.5. The van der Waals surface area contributed by atoms with Crippen LogP contribution in [0.5, 0.6) is 0 Å². The highest BCUT2D eigenvalue weighted by atomic mass is 79.9. The number of nitrogens with two attached hydrogens (primary N) is 4. The van der Waals surface area contributed by atoms with Gasteiger partial charge >= 0.3 is 0 Å². The lowest BCUT2D eigenvalue weighted by atomic mass is 9.85. The van der Waals surface area contributed by atoms with Crippen LogP contribution in [0.1, 0.15) is 37.5 Å². The van der Waals surface area contributed by atoms with Crippen molar-refractivity contribution >= 4 is 31.9 Å². The molecule has 1 unspecified atom stereocenters. The summed E-state index contributed by atoms with van der Waals surface area (Å²) >= 11 is 7.27. The third-order valence-corrected chi connectivity index (χ3v) is 7.51. The molecule has 0 radical (unpaired) electrons. The van der Waals surface area contributed by atoms with Crippen LogP contribution in [-0.2, 0) is 19.3 Å². The molecule has 0 aliphatic heterocycles. The monoisotopic (exact) mass is 538 g/mol. The molecule has 0 fully saturated rings. The zero-order valence-corrected chi connectivity index (χ0v) is 21.4. The predicted molar refractivity (Wildman–Crippen MR) is 135 cm³/mol. The Hall–Kier alpha value is -0.760. The van der Waals surface area contributed by atoms with Gasteiger partial charge in [-0.05, 0) is 59.9 Å². The standard InChI is InChI=1S/C24H36Br2N4/c1-14(2)23(29)24(30)15(3)10-16-8-9-20(26)18(11-16)13-22(28)21(27)12-17-6-4-5-7-19(17)25/h4-9,11,14-15,21-24H,10,12-13,27-30H2,1-3H3/t15?,21-,22-,23-,24-/m0/s1.